The van der Waals surface area contributed by atoms with Crippen molar-refractivity contribution in [3.63, 3.8) is 0 Å². The second-order valence-corrected chi connectivity index (χ2v) is 3.86. The first-order chi connectivity index (χ1) is 4.67. The van der Waals surface area contributed by atoms with Crippen LogP contribution in [0.3, 0.4) is 0 Å². The van der Waals surface area contributed by atoms with Crippen LogP contribution in [0.1, 0.15) is 40.0 Å². The summed E-state index contributed by atoms with van der Waals surface area (Å²) in [5.41, 5.74) is 0.424. The SMILES string of the molecule is CCC1OCCCC1(C)C. The molecule has 0 N–H and O–H groups in total. The van der Waals surface area contributed by atoms with Crippen LogP contribution in [-0.2, 0) is 4.74 Å². The predicted octanol–water partition coefficient (Wildman–Crippen LogP) is 2.60. The lowest BCUT2D eigenvalue weighted by molar-refractivity contribution is -0.0685. The Bertz CT molecular complexity index is 107. The third kappa shape index (κ3) is 1.51. The maximum absolute atomic E-state index is 5.64. The lowest BCUT2D eigenvalue weighted by Gasteiger charge is -2.37. The number of hydrogen-bond acceptors (Lipinski definition) is 1. The smallest absolute Gasteiger partial charge is 0.0623 e. The van der Waals surface area contributed by atoms with E-state index in [0.717, 1.165) is 13.0 Å². The first-order valence-electron chi connectivity index (χ1n) is 4.28. The van der Waals surface area contributed by atoms with Crippen LogP contribution in [0.2, 0.25) is 0 Å². The van der Waals surface area contributed by atoms with Crippen LogP contribution in [0.5, 0.6) is 0 Å². The molecule has 1 unspecified atom stereocenters. The van der Waals surface area contributed by atoms with Crippen LogP contribution in [-0.4, -0.2) is 12.7 Å². The number of hydrogen-bond donors (Lipinski definition) is 0. The highest BCUT2D eigenvalue weighted by atomic mass is 16.5. The van der Waals surface area contributed by atoms with Gasteiger partial charge in [0, 0.05) is 6.61 Å². The first-order valence-corrected chi connectivity index (χ1v) is 4.28. The number of ether oxygens (including phenoxy) is 1. The molecule has 0 aromatic rings. The molecule has 1 saturated heterocycles. The maximum atomic E-state index is 5.64. The minimum Gasteiger partial charge on any atom is -0.378 e. The molecule has 1 rings (SSSR count). The van der Waals surface area contributed by atoms with E-state index in [9.17, 15) is 0 Å². The van der Waals surface area contributed by atoms with Gasteiger partial charge >= 0.3 is 0 Å². The Morgan fingerprint density at radius 2 is 2.20 bits per heavy atom. The Morgan fingerprint density at radius 1 is 1.50 bits per heavy atom. The molecule has 0 saturated carbocycles. The molecule has 1 heteroatoms. The summed E-state index contributed by atoms with van der Waals surface area (Å²) >= 11 is 0. The van der Waals surface area contributed by atoms with Gasteiger partial charge in [-0.05, 0) is 24.7 Å². The minimum absolute atomic E-state index is 0.424. The molecule has 0 aromatic heterocycles. The average molecular weight is 142 g/mol. The molecule has 1 fully saturated rings. The summed E-state index contributed by atoms with van der Waals surface area (Å²) in [4.78, 5) is 0. The van der Waals surface area contributed by atoms with Gasteiger partial charge in [-0.1, -0.05) is 20.8 Å². The minimum atomic E-state index is 0.424. The van der Waals surface area contributed by atoms with Crippen molar-refractivity contribution in [2.24, 2.45) is 5.41 Å². The van der Waals surface area contributed by atoms with Crippen LogP contribution in [0.4, 0.5) is 0 Å². The van der Waals surface area contributed by atoms with Crippen molar-refractivity contribution in [3.05, 3.63) is 0 Å². The highest BCUT2D eigenvalue weighted by Gasteiger charge is 2.31. The van der Waals surface area contributed by atoms with E-state index in [-0.39, 0.29) is 0 Å². The Hall–Kier alpha value is -0.0400. The highest BCUT2D eigenvalue weighted by molar-refractivity contribution is 4.81. The zero-order valence-electron chi connectivity index (χ0n) is 7.31. The zero-order chi connectivity index (χ0) is 7.61. The van der Waals surface area contributed by atoms with E-state index in [4.69, 9.17) is 4.74 Å². The van der Waals surface area contributed by atoms with Crippen molar-refractivity contribution in [1.29, 1.82) is 0 Å². The van der Waals surface area contributed by atoms with Crippen molar-refractivity contribution in [2.45, 2.75) is 46.1 Å². The predicted molar refractivity (Wildman–Crippen MR) is 43.0 cm³/mol. The fourth-order valence-corrected chi connectivity index (χ4v) is 1.81. The van der Waals surface area contributed by atoms with Gasteiger partial charge < -0.3 is 4.74 Å². The molecule has 1 nitrogen and oxygen atoms in total. The summed E-state index contributed by atoms with van der Waals surface area (Å²) in [7, 11) is 0. The normalized spacial score (nSPS) is 32.1. The van der Waals surface area contributed by atoms with Crippen LogP contribution in [0, 0.1) is 5.41 Å². The van der Waals surface area contributed by atoms with Crippen molar-refractivity contribution in [1.82, 2.24) is 0 Å². The Kier molecular flexibility index (Phi) is 2.35. The second kappa shape index (κ2) is 2.91. The zero-order valence-corrected chi connectivity index (χ0v) is 7.31. The summed E-state index contributed by atoms with van der Waals surface area (Å²) in [6.45, 7) is 7.79. The van der Waals surface area contributed by atoms with Gasteiger partial charge in [-0.2, -0.15) is 0 Å². The van der Waals surface area contributed by atoms with Gasteiger partial charge in [-0.25, -0.2) is 0 Å². The quantitative estimate of drug-likeness (QED) is 0.547. The van der Waals surface area contributed by atoms with Crippen LogP contribution < -0.4 is 0 Å². The topological polar surface area (TPSA) is 9.23 Å². The lowest BCUT2D eigenvalue weighted by Crippen LogP contribution is -2.35. The summed E-state index contributed by atoms with van der Waals surface area (Å²) < 4.78 is 5.64. The van der Waals surface area contributed by atoms with E-state index in [0.29, 0.717) is 11.5 Å². The summed E-state index contributed by atoms with van der Waals surface area (Å²) in [5.74, 6) is 0. The van der Waals surface area contributed by atoms with E-state index in [2.05, 4.69) is 20.8 Å². The largest absolute Gasteiger partial charge is 0.378 e. The van der Waals surface area contributed by atoms with Gasteiger partial charge in [-0.15, -0.1) is 0 Å². The molecule has 60 valence electrons. The Balaban J connectivity index is 2.51. The van der Waals surface area contributed by atoms with Gasteiger partial charge in [0.25, 0.3) is 0 Å². The third-order valence-electron chi connectivity index (χ3n) is 2.53. The molecule has 0 radical (unpaired) electrons. The molecule has 1 heterocycles. The van der Waals surface area contributed by atoms with Gasteiger partial charge in [0.15, 0.2) is 0 Å². The third-order valence-corrected chi connectivity index (χ3v) is 2.53. The van der Waals surface area contributed by atoms with Gasteiger partial charge in [-0.3, -0.25) is 0 Å². The molecular weight excluding hydrogens is 124 g/mol. The van der Waals surface area contributed by atoms with Crippen LogP contribution in [0.15, 0.2) is 0 Å². The molecule has 0 spiro atoms. The monoisotopic (exact) mass is 142 g/mol. The van der Waals surface area contributed by atoms with E-state index < -0.39 is 0 Å². The van der Waals surface area contributed by atoms with Crippen molar-refractivity contribution < 1.29 is 4.74 Å². The van der Waals surface area contributed by atoms with E-state index in [1.165, 1.54) is 12.8 Å². The van der Waals surface area contributed by atoms with Gasteiger partial charge in [0.1, 0.15) is 0 Å². The van der Waals surface area contributed by atoms with E-state index in [1.807, 2.05) is 0 Å². The molecular formula is C9H18O. The van der Waals surface area contributed by atoms with Crippen molar-refractivity contribution in [3.8, 4) is 0 Å². The first kappa shape index (κ1) is 8.06. The molecule has 1 atom stereocenters. The molecule has 10 heavy (non-hydrogen) atoms. The summed E-state index contributed by atoms with van der Waals surface area (Å²) in [6.07, 6.45) is 4.23. The fraction of sp³-hybridized carbons (Fsp3) is 1.00. The Morgan fingerprint density at radius 3 is 2.60 bits per heavy atom. The standard InChI is InChI=1S/C9H18O/c1-4-8-9(2,3)6-5-7-10-8/h8H,4-7H2,1-3H3. The molecule has 0 bridgehead atoms. The van der Waals surface area contributed by atoms with Crippen molar-refractivity contribution in [2.75, 3.05) is 6.61 Å². The fourth-order valence-electron chi connectivity index (χ4n) is 1.81. The highest BCUT2D eigenvalue weighted by Crippen LogP contribution is 2.34. The van der Waals surface area contributed by atoms with Crippen LogP contribution in [0.25, 0.3) is 0 Å². The van der Waals surface area contributed by atoms with E-state index in [1.54, 1.807) is 0 Å². The Labute approximate surface area is 63.8 Å². The maximum Gasteiger partial charge on any atom is 0.0623 e. The molecule has 0 aromatic carbocycles. The van der Waals surface area contributed by atoms with Crippen LogP contribution >= 0.6 is 0 Å². The lowest BCUT2D eigenvalue weighted by atomic mass is 9.79. The van der Waals surface area contributed by atoms with Crippen molar-refractivity contribution >= 4 is 0 Å². The van der Waals surface area contributed by atoms with Gasteiger partial charge in [0.05, 0.1) is 6.10 Å². The molecule has 1 aliphatic rings. The number of rotatable bonds is 1. The molecule has 0 aliphatic carbocycles. The summed E-state index contributed by atoms with van der Waals surface area (Å²) in [6, 6.07) is 0. The van der Waals surface area contributed by atoms with Gasteiger partial charge in [0.2, 0.25) is 0 Å². The summed E-state index contributed by atoms with van der Waals surface area (Å²) in [5, 5.41) is 0. The second-order valence-electron chi connectivity index (χ2n) is 3.86. The van der Waals surface area contributed by atoms with E-state index >= 15 is 0 Å². The molecule has 1 aliphatic heterocycles. The molecule has 0 amide bonds. The average Bonchev–Trinajstić information content (AvgIpc) is 1.87.